The number of carbonyl (C=O) groups is 15. The molecule has 19 N–H and O–H groups in total. The van der Waals surface area contributed by atoms with Crippen LogP contribution in [-0.4, -0.2) is 271 Å². The molecule has 0 aromatic heterocycles. The van der Waals surface area contributed by atoms with Crippen molar-refractivity contribution in [2.75, 3.05) is 57.4 Å². The van der Waals surface area contributed by atoms with Crippen molar-refractivity contribution >= 4 is 116 Å². The van der Waals surface area contributed by atoms with Gasteiger partial charge in [0.1, 0.15) is 72.5 Å². The third-order valence-electron chi connectivity index (χ3n) is 19.3. The molecular weight excluding hydrogens is 1450 g/mol. The lowest BCUT2D eigenvalue weighted by Crippen LogP contribution is -2.62. The van der Waals surface area contributed by atoms with E-state index in [0.717, 1.165) is 38.3 Å². The van der Waals surface area contributed by atoms with Crippen molar-refractivity contribution in [2.45, 2.75) is 197 Å². The number of aliphatic imine (C=N–C) groups is 1. The number of nitrogens with two attached hydrogens (primary N) is 3. The zero-order valence-corrected chi connectivity index (χ0v) is 62.8. The number of carbonyl (C=O) groups excluding carboxylic acids is 13. The Balaban J connectivity index is 1.46. The van der Waals surface area contributed by atoms with E-state index < -0.39 is 217 Å². The van der Waals surface area contributed by atoms with Crippen LogP contribution in [0.25, 0.3) is 0 Å². The van der Waals surface area contributed by atoms with Crippen molar-refractivity contribution in [3.8, 4) is 0 Å². The second kappa shape index (κ2) is 42.8. The first-order valence-corrected chi connectivity index (χ1v) is 38.6. The van der Waals surface area contributed by atoms with Gasteiger partial charge in [-0.2, -0.15) is 0 Å². The molecule has 2 aromatic carbocycles. The summed E-state index contributed by atoms with van der Waals surface area (Å²) < 4.78 is 0. The lowest BCUT2D eigenvalue weighted by atomic mass is 9.96. The Bertz CT molecular complexity index is 3540. The topological polar surface area (TPSA) is 549 Å². The lowest BCUT2D eigenvalue weighted by molar-refractivity contribution is -0.149. The van der Waals surface area contributed by atoms with E-state index in [-0.39, 0.29) is 90.0 Å². The van der Waals surface area contributed by atoms with Gasteiger partial charge in [-0.1, -0.05) is 123 Å². The van der Waals surface area contributed by atoms with E-state index in [0.29, 0.717) is 30.4 Å². The van der Waals surface area contributed by atoms with Gasteiger partial charge in [0.2, 0.25) is 76.8 Å². The average molecular weight is 1550 g/mol. The van der Waals surface area contributed by atoms with Crippen LogP contribution in [0.5, 0.6) is 0 Å². The summed E-state index contributed by atoms with van der Waals surface area (Å²) >= 11 is 0. The van der Waals surface area contributed by atoms with E-state index in [2.05, 4.69) is 52.8 Å². The van der Waals surface area contributed by atoms with E-state index in [9.17, 15) is 68.4 Å². The maximum absolute atomic E-state index is 15.4. The van der Waals surface area contributed by atoms with Crippen LogP contribution in [0, 0.1) is 11.8 Å². The van der Waals surface area contributed by atoms with E-state index in [1.165, 1.54) is 9.80 Å². The fraction of sp³-hybridized carbons (Fsp3) is 0.600. The smallest absolute Gasteiger partial charge is 0.326 e. The summed E-state index contributed by atoms with van der Waals surface area (Å²) in [5, 5.41) is 64.6. The molecule has 108 heavy (non-hydrogen) atoms. The molecule has 0 saturated carbocycles. The molecule has 36 nitrogen and oxygen atoms in total. The number of benzene rings is 2. The highest BCUT2D eigenvalue weighted by molar-refractivity contribution is 8.76. The molecule has 0 aliphatic carbocycles. The van der Waals surface area contributed by atoms with E-state index in [1.807, 2.05) is 0 Å². The van der Waals surface area contributed by atoms with Gasteiger partial charge in [-0.3, -0.25) is 72.1 Å². The summed E-state index contributed by atoms with van der Waals surface area (Å²) in [6.45, 7) is 5.22. The second-order valence-electron chi connectivity index (χ2n) is 27.2. The number of nitrogens with zero attached hydrogens (tertiary/aromatic N) is 5. The van der Waals surface area contributed by atoms with Crippen LogP contribution in [0.2, 0.25) is 0 Å². The number of carboxylic acid groups (broad SMARTS) is 2. The maximum Gasteiger partial charge on any atom is 0.326 e. The minimum Gasteiger partial charge on any atom is -0.481 e. The lowest BCUT2D eigenvalue weighted by Gasteiger charge is -2.35. The van der Waals surface area contributed by atoms with Crippen LogP contribution < -0.4 is 65.1 Å². The summed E-state index contributed by atoms with van der Waals surface area (Å²) in [6.07, 6.45) is -1.23. The number of likely N-dealkylation sites (tertiary alicyclic amines) is 1. The molecular formula is C70H103N17O19S2. The van der Waals surface area contributed by atoms with Crippen LogP contribution >= 0.6 is 21.6 Å². The number of aliphatic hydroxyl groups excluding tert-OH is 2. The van der Waals surface area contributed by atoms with Crippen LogP contribution in [0.3, 0.4) is 0 Å². The fourth-order valence-electron chi connectivity index (χ4n) is 12.9. The summed E-state index contributed by atoms with van der Waals surface area (Å²) in [5.74, 6) is -17.4. The Morgan fingerprint density at radius 1 is 0.639 bits per heavy atom. The first-order chi connectivity index (χ1) is 51.4. The molecule has 4 aliphatic heterocycles. The first kappa shape index (κ1) is 87.3. The van der Waals surface area contributed by atoms with Crippen LogP contribution in [0.15, 0.2) is 65.7 Å². The van der Waals surface area contributed by atoms with Gasteiger partial charge in [-0.05, 0) is 81.3 Å². The average Bonchev–Trinajstić information content (AvgIpc) is 1.62. The second-order valence-corrected chi connectivity index (χ2v) is 29.8. The van der Waals surface area contributed by atoms with Gasteiger partial charge < -0.3 is 105 Å². The van der Waals surface area contributed by atoms with E-state index in [1.54, 1.807) is 88.4 Å². The quantitative estimate of drug-likeness (QED) is 0.0185. The van der Waals surface area contributed by atoms with E-state index in [4.69, 9.17) is 17.2 Å². The van der Waals surface area contributed by atoms with Gasteiger partial charge in [0.05, 0.1) is 32.2 Å². The van der Waals surface area contributed by atoms with Gasteiger partial charge in [-0.25, -0.2) is 4.79 Å². The number of aliphatic carboxylic acids is 2. The molecule has 4 saturated heterocycles. The Morgan fingerprint density at radius 3 is 1.82 bits per heavy atom. The van der Waals surface area contributed by atoms with E-state index >= 15 is 24.0 Å². The number of carboxylic acids is 2. The number of aliphatic hydroxyl groups is 2. The number of amides is 13. The molecule has 594 valence electrons. The third kappa shape index (κ3) is 25.2. The molecule has 4 aliphatic rings. The van der Waals surface area contributed by atoms with Gasteiger partial charge in [-0.15, -0.1) is 0 Å². The van der Waals surface area contributed by atoms with Crippen LogP contribution in [0.4, 0.5) is 0 Å². The molecule has 0 bridgehead atoms. The van der Waals surface area contributed by atoms with Crippen molar-refractivity contribution < 1.29 is 92.3 Å². The Kier molecular flexibility index (Phi) is 34.6. The van der Waals surface area contributed by atoms with Crippen molar-refractivity contribution in [2.24, 2.45) is 34.0 Å². The highest BCUT2D eigenvalue weighted by Crippen LogP contribution is 2.29. The fourth-order valence-corrected chi connectivity index (χ4v) is 15.3. The van der Waals surface area contributed by atoms with Crippen molar-refractivity contribution in [1.29, 1.82) is 0 Å². The SMILES string of the molecule is CC[C@H](C)[C@@H]1NC(=O)[C@@H]2CCCN2C(=O)[C@@H]2CCCN2C(=O)[C@H]([C@@H](C)CC)NC(=O)[C@H](CO)NC(=O)CN(Cc2ccccc2)C(=O)[C@H]([C@@H](C)O)NC(=O)[C@@H](NC(=O)[C@H](CCCN=C(N)N)NC(=O)CN)CSSC[C@@H](C(=O)N[C@@H](Cc2ccccc2)C(=O)N2CCC[C@H]2C(=O)N[C@@H](CC(=O)O)C(=O)O)NC1=O. The standard InChI is InChI=1S/C70H103N17O19S2/c1-6-38(3)55-64(100)80-47(60(96)77-44(30-41-18-10-8-11-19-41)65(101)85-27-15-23-49(85)62(98)78-45(69(105)106)31-54(92)93)36-107-108-37-48(79-58(94)43(75-52(90)32-71)22-14-26-74-70(72)73)61(97)83-57(40(5)89)67(103)84(33-42-20-12-9-13-21-42)34-53(91)76-46(35-88)59(95)82-56(39(4)7-2)68(104)87-29-17-25-51(87)66(102)86-28-16-24-50(86)63(99)81-55/h8-13,18-21,38-40,43-51,55-57,88-89H,6-7,14-17,22-37,71H2,1-5H3,(H,75,90)(H,76,91)(H,77,96)(H,78,98)(H,79,94)(H,80,100)(H,81,99)(H,82,95)(H,83,97)(H,92,93)(H,105,106)(H4,72,73,74)/t38-,39-,40+,43-,44-,45-,46-,47-,48-,49-,50-,51-,55-,56-,57-/m0/s1. The zero-order chi connectivity index (χ0) is 79.5. The predicted molar refractivity (Wildman–Crippen MR) is 395 cm³/mol. The monoisotopic (exact) mass is 1550 g/mol. The normalized spacial score (nSPS) is 24.3. The van der Waals surface area contributed by atoms with Crippen LogP contribution in [-0.2, 0) is 84.9 Å². The predicted octanol–water partition coefficient (Wildman–Crippen LogP) is -3.97. The van der Waals surface area contributed by atoms with Gasteiger partial charge in [0.15, 0.2) is 5.96 Å². The zero-order valence-electron chi connectivity index (χ0n) is 61.2. The number of guanidine groups is 1. The van der Waals surface area contributed by atoms with Gasteiger partial charge >= 0.3 is 11.9 Å². The number of hydrogen-bond acceptors (Lipinski definition) is 21. The maximum atomic E-state index is 15.4. The first-order valence-electron chi connectivity index (χ1n) is 36.1. The molecule has 4 fully saturated rings. The Labute approximate surface area is 633 Å². The number of fused-ring (bicyclic) bond motifs is 2. The van der Waals surface area contributed by atoms with Gasteiger partial charge in [0.25, 0.3) is 0 Å². The number of rotatable bonds is 26. The molecule has 0 spiro atoms. The molecule has 38 heteroatoms. The largest absolute Gasteiger partial charge is 0.481 e. The number of hydrogen-bond donors (Lipinski definition) is 16. The minimum atomic E-state index is -1.93. The van der Waals surface area contributed by atoms with Crippen LogP contribution in [0.1, 0.15) is 116 Å². The third-order valence-corrected chi connectivity index (χ3v) is 21.7. The number of nitrogens with one attached hydrogen (secondary N) is 9. The molecule has 6 rings (SSSR count). The Morgan fingerprint density at radius 2 is 1.22 bits per heavy atom. The van der Waals surface area contributed by atoms with Crippen molar-refractivity contribution in [1.82, 2.24) is 67.5 Å². The highest BCUT2D eigenvalue weighted by Gasteiger charge is 2.47. The summed E-state index contributed by atoms with van der Waals surface area (Å²) in [4.78, 5) is 222. The highest BCUT2D eigenvalue weighted by atomic mass is 33.1. The molecule has 4 heterocycles. The molecule has 0 radical (unpaired) electrons. The summed E-state index contributed by atoms with van der Waals surface area (Å²) in [6, 6.07) is -1.81. The Hall–Kier alpha value is -9.66. The molecule has 15 atom stereocenters. The summed E-state index contributed by atoms with van der Waals surface area (Å²) in [5.41, 5.74) is 17.7. The van der Waals surface area contributed by atoms with Crippen molar-refractivity contribution in [3.63, 3.8) is 0 Å². The molecule has 2 aromatic rings. The molecule has 0 unspecified atom stereocenters. The summed E-state index contributed by atoms with van der Waals surface area (Å²) in [7, 11) is 1.66. The molecule has 13 amide bonds. The van der Waals surface area contributed by atoms with Gasteiger partial charge in [0, 0.05) is 50.7 Å². The minimum absolute atomic E-state index is 0.0123. The van der Waals surface area contributed by atoms with Crippen molar-refractivity contribution in [3.05, 3.63) is 71.8 Å².